The van der Waals surface area contributed by atoms with Crippen molar-refractivity contribution < 1.29 is 13.2 Å². The lowest BCUT2D eigenvalue weighted by Gasteiger charge is -2.22. The monoisotopic (exact) mass is 360 g/mol. The van der Waals surface area contributed by atoms with E-state index >= 15 is 0 Å². The number of anilines is 1. The molecule has 1 amide bonds. The smallest absolute Gasteiger partial charge is 0.238 e. The van der Waals surface area contributed by atoms with Crippen molar-refractivity contribution in [2.75, 3.05) is 23.4 Å². The maximum atomic E-state index is 11.8. The van der Waals surface area contributed by atoms with Gasteiger partial charge in [0.15, 0.2) is 0 Å². The first-order valence-electron chi connectivity index (χ1n) is 6.44. The summed E-state index contributed by atoms with van der Waals surface area (Å²) in [6.45, 7) is 0.195. The van der Waals surface area contributed by atoms with Crippen molar-refractivity contribution in [3.63, 3.8) is 0 Å². The zero-order valence-corrected chi connectivity index (χ0v) is 13.3. The van der Waals surface area contributed by atoms with Crippen LogP contribution >= 0.6 is 15.9 Å². The average molecular weight is 361 g/mol. The van der Waals surface area contributed by atoms with E-state index in [4.69, 9.17) is 0 Å². The summed E-state index contributed by atoms with van der Waals surface area (Å²) in [5, 5.41) is 5.89. The first kappa shape index (κ1) is 15.5. The zero-order chi connectivity index (χ0) is 14.6. The van der Waals surface area contributed by atoms with Crippen molar-refractivity contribution in [1.82, 2.24) is 5.32 Å². The van der Waals surface area contributed by atoms with Gasteiger partial charge in [0.25, 0.3) is 0 Å². The van der Waals surface area contributed by atoms with E-state index in [1.54, 1.807) is 0 Å². The van der Waals surface area contributed by atoms with Crippen LogP contribution < -0.4 is 10.6 Å². The van der Waals surface area contributed by atoms with Gasteiger partial charge in [-0.05, 0) is 37.1 Å². The quantitative estimate of drug-likeness (QED) is 0.854. The number of sulfone groups is 1. The number of amides is 1. The first-order chi connectivity index (χ1) is 9.44. The number of hydrogen-bond acceptors (Lipinski definition) is 4. The third kappa shape index (κ3) is 4.88. The fraction of sp³-hybridized carbons (Fsp3) is 0.462. The molecular weight excluding hydrogens is 344 g/mol. The molecule has 1 fully saturated rings. The van der Waals surface area contributed by atoms with Gasteiger partial charge in [0.05, 0.1) is 18.1 Å². The van der Waals surface area contributed by atoms with Crippen LogP contribution in [0, 0.1) is 0 Å². The second-order valence-corrected chi connectivity index (χ2v) is 8.08. The van der Waals surface area contributed by atoms with Crippen LogP contribution in [0.25, 0.3) is 0 Å². The minimum Gasteiger partial charge on any atom is -0.325 e. The molecule has 1 saturated heterocycles. The molecule has 0 atom stereocenters. The molecule has 0 bridgehead atoms. The summed E-state index contributed by atoms with van der Waals surface area (Å²) in [4.78, 5) is 11.8. The van der Waals surface area contributed by atoms with Crippen molar-refractivity contribution in [3.05, 3.63) is 28.7 Å². The molecule has 1 aliphatic rings. The molecule has 0 aliphatic carbocycles. The Kier molecular flexibility index (Phi) is 5.17. The third-order valence-corrected chi connectivity index (χ3v) is 5.48. The van der Waals surface area contributed by atoms with Crippen LogP contribution in [-0.2, 0) is 14.6 Å². The molecular formula is C13H17BrN2O3S. The molecule has 0 aromatic heterocycles. The average Bonchev–Trinajstić information content (AvgIpc) is 2.40. The topological polar surface area (TPSA) is 75.3 Å². The molecule has 5 nitrogen and oxygen atoms in total. The summed E-state index contributed by atoms with van der Waals surface area (Å²) in [6, 6.07) is 7.45. The fourth-order valence-corrected chi connectivity index (χ4v) is 3.83. The second kappa shape index (κ2) is 6.69. The van der Waals surface area contributed by atoms with E-state index in [1.807, 2.05) is 24.3 Å². The normalized spacial score (nSPS) is 18.6. The van der Waals surface area contributed by atoms with Crippen molar-refractivity contribution >= 4 is 37.4 Å². The van der Waals surface area contributed by atoms with Crippen LogP contribution in [0.1, 0.15) is 12.8 Å². The van der Waals surface area contributed by atoms with E-state index < -0.39 is 9.84 Å². The summed E-state index contributed by atoms with van der Waals surface area (Å²) in [7, 11) is -2.85. The molecule has 1 aromatic rings. The predicted octanol–water partition coefficient (Wildman–Crippen LogP) is 1.55. The molecule has 0 saturated carbocycles. The number of hydrogen-bond donors (Lipinski definition) is 2. The van der Waals surface area contributed by atoms with Gasteiger partial charge in [-0.1, -0.05) is 15.9 Å². The molecule has 2 N–H and O–H groups in total. The minimum absolute atomic E-state index is 0.106. The standard InChI is InChI=1S/C13H17BrN2O3S/c14-10-1-3-12(4-2-10)16-13(17)9-15-11-5-7-20(18,19)8-6-11/h1-4,11,15H,5-9H2,(H,16,17). The summed E-state index contributed by atoms with van der Waals surface area (Å²) in [5.74, 6) is 0.290. The molecule has 0 radical (unpaired) electrons. The Morgan fingerprint density at radius 1 is 1.20 bits per heavy atom. The Labute approximate surface area is 127 Å². The van der Waals surface area contributed by atoms with E-state index in [9.17, 15) is 13.2 Å². The van der Waals surface area contributed by atoms with Gasteiger partial charge in [0, 0.05) is 16.2 Å². The summed E-state index contributed by atoms with van der Waals surface area (Å²) in [6.07, 6.45) is 1.15. The van der Waals surface area contributed by atoms with Crippen LogP contribution in [-0.4, -0.2) is 38.4 Å². The molecule has 1 aromatic carbocycles. The number of benzene rings is 1. The number of carbonyl (C=O) groups is 1. The van der Waals surface area contributed by atoms with Gasteiger partial charge in [-0.15, -0.1) is 0 Å². The first-order valence-corrected chi connectivity index (χ1v) is 9.05. The lowest BCUT2D eigenvalue weighted by Crippen LogP contribution is -2.41. The van der Waals surface area contributed by atoms with E-state index in [0.29, 0.717) is 12.8 Å². The van der Waals surface area contributed by atoms with Crippen molar-refractivity contribution in [2.45, 2.75) is 18.9 Å². The predicted molar refractivity (Wildman–Crippen MR) is 82.5 cm³/mol. The van der Waals surface area contributed by atoms with Gasteiger partial charge < -0.3 is 10.6 Å². The second-order valence-electron chi connectivity index (χ2n) is 4.86. The lowest BCUT2D eigenvalue weighted by molar-refractivity contribution is -0.115. The Balaban J connectivity index is 1.74. The van der Waals surface area contributed by atoms with Crippen molar-refractivity contribution in [2.24, 2.45) is 0 Å². The van der Waals surface area contributed by atoms with Crippen LogP contribution in [0.4, 0.5) is 5.69 Å². The molecule has 0 spiro atoms. The molecule has 1 heterocycles. The van der Waals surface area contributed by atoms with Gasteiger partial charge in [-0.3, -0.25) is 4.79 Å². The third-order valence-electron chi connectivity index (χ3n) is 3.23. The largest absolute Gasteiger partial charge is 0.325 e. The SMILES string of the molecule is O=C(CNC1CCS(=O)(=O)CC1)Nc1ccc(Br)cc1. The highest BCUT2D eigenvalue weighted by molar-refractivity contribution is 9.10. The van der Waals surface area contributed by atoms with E-state index in [-0.39, 0.29) is 30.0 Å². The van der Waals surface area contributed by atoms with Gasteiger partial charge in [-0.25, -0.2) is 8.42 Å². The number of halogens is 1. The molecule has 2 rings (SSSR count). The molecule has 110 valence electrons. The highest BCUT2D eigenvalue weighted by atomic mass is 79.9. The maximum Gasteiger partial charge on any atom is 0.238 e. The number of nitrogens with one attached hydrogen (secondary N) is 2. The van der Waals surface area contributed by atoms with Gasteiger partial charge in [0.1, 0.15) is 9.84 Å². The Hall–Kier alpha value is -0.920. The summed E-state index contributed by atoms with van der Waals surface area (Å²) < 4.78 is 23.5. The zero-order valence-electron chi connectivity index (χ0n) is 10.9. The van der Waals surface area contributed by atoms with Crippen LogP contribution in [0.3, 0.4) is 0 Å². The van der Waals surface area contributed by atoms with Crippen LogP contribution in [0.15, 0.2) is 28.7 Å². The Morgan fingerprint density at radius 2 is 1.80 bits per heavy atom. The highest BCUT2D eigenvalue weighted by Gasteiger charge is 2.23. The number of rotatable bonds is 4. The fourth-order valence-electron chi connectivity index (χ4n) is 2.07. The van der Waals surface area contributed by atoms with Gasteiger partial charge in [0.2, 0.25) is 5.91 Å². The molecule has 0 unspecified atom stereocenters. The van der Waals surface area contributed by atoms with Crippen molar-refractivity contribution in [1.29, 1.82) is 0 Å². The van der Waals surface area contributed by atoms with E-state index in [2.05, 4.69) is 26.6 Å². The van der Waals surface area contributed by atoms with Gasteiger partial charge >= 0.3 is 0 Å². The molecule has 20 heavy (non-hydrogen) atoms. The van der Waals surface area contributed by atoms with Crippen molar-refractivity contribution in [3.8, 4) is 0 Å². The molecule has 1 aliphatic heterocycles. The summed E-state index contributed by atoms with van der Waals surface area (Å²) >= 11 is 3.33. The Morgan fingerprint density at radius 3 is 2.40 bits per heavy atom. The van der Waals surface area contributed by atoms with Gasteiger partial charge in [-0.2, -0.15) is 0 Å². The van der Waals surface area contributed by atoms with Crippen LogP contribution in [0.2, 0.25) is 0 Å². The summed E-state index contributed by atoms with van der Waals surface area (Å²) in [5.41, 5.74) is 0.742. The van der Waals surface area contributed by atoms with Crippen LogP contribution in [0.5, 0.6) is 0 Å². The number of carbonyl (C=O) groups excluding carboxylic acids is 1. The lowest BCUT2D eigenvalue weighted by atomic mass is 10.1. The molecule has 7 heteroatoms. The minimum atomic E-state index is -2.85. The Bertz CT molecular complexity index is 558. The maximum absolute atomic E-state index is 11.8. The van der Waals surface area contributed by atoms with E-state index in [0.717, 1.165) is 10.2 Å². The van der Waals surface area contributed by atoms with E-state index in [1.165, 1.54) is 0 Å². The highest BCUT2D eigenvalue weighted by Crippen LogP contribution is 2.14.